The Bertz CT molecular complexity index is 231. The summed E-state index contributed by atoms with van der Waals surface area (Å²) in [5, 5.41) is 0. The molecule has 1 aliphatic rings. The van der Waals surface area contributed by atoms with Crippen LogP contribution in [0.15, 0.2) is 12.2 Å². The number of rotatable bonds is 2. The first-order valence-electron chi connectivity index (χ1n) is 5.28. The number of hydrogen-bond acceptors (Lipinski definition) is 2. The number of carbonyl (C=O) groups excluding carboxylic acids is 1. The molecule has 0 aliphatic heterocycles. The quantitative estimate of drug-likeness (QED) is 0.501. The van der Waals surface area contributed by atoms with Crippen LogP contribution in [0.2, 0.25) is 0 Å². The molecule has 2 heteroatoms. The van der Waals surface area contributed by atoms with Gasteiger partial charge in [-0.15, -0.1) is 0 Å². The Kier molecular flexibility index (Phi) is 3.35. The van der Waals surface area contributed by atoms with Crippen LogP contribution >= 0.6 is 0 Å². The van der Waals surface area contributed by atoms with Gasteiger partial charge in [-0.1, -0.05) is 12.2 Å². The minimum Gasteiger partial charge on any atom is -0.460 e. The van der Waals surface area contributed by atoms with Crippen molar-refractivity contribution in [3.8, 4) is 0 Å². The number of esters is 1. The molecule has 80 valence electrons. The molecule has 14 heavy (non-hydrogen) atoms. The molecule has 0 N–H and O–H groups in total. The number of allylic oxidation sites excluding steroid dienone is 1. The first kappa shape index (κ1) is 11.3. The summed E-state index contributed by atoms with van der Waals surface area (Å²) in [4.78, 5) is 10.9. The molecule has 1 saturated carbocycles. The lowest BCUT2D eigenvalue weighted by Gasteiger charge is -2.36. The van der Waals surface area contributed by atoms with Gasteiger partial charge >= 0.3 is 5.97 Å². The molecule has 0 bridgehead atoms. The monoisotopic (exact) mass is 196 g/mol. The van der Waals surface area contributed by atoms with Gasteiger partial charge in [0.05, 0.1) is 0 Å². The molecule has 0 amide bonds. The number of ether oxygens (including phenoxy) is 1. The third kappa shape index (κ3) is 2.86. The SMILES string of the molecule is C=C1CCC(C(C)(C)OC(C)=O)CC1. The normalized spacial score (nSPS) is 19.5. The summed E-state index contributed by atoms with van der Waals surface area (Å²) in [5.41, 5.74) is 1.02. The van der Waals surface area contributed by atoms with Gasteiger partial charge in [-0.25, -0.2) is 0 Å². The highest BCUT2D eigenvalue weighted by Crippen LogP contribution is 2.36. The predicted molar refractivity (Wildman–Crippen MR) is 56.9 cm³/mol. The zero-order chi connectivity index (χ0) is 10.8. The molecular formula is C12H20O2. The third-order valence-corrected chi connectivity index (χ3v) is 3.08. The molecule has 0 radical (unpaired) electrons. The molecule has 0 atom stereocenters. The summed E-state index contributed by atoms with van der Waals surface area (Å²) in [6, 6.07) is 0. The summed E-state index contributed by atoms with van der Waals surface area (Å²) in [6.45, 7) is 9.47. The Labute approximate surface area is 86.3 Å². The molecule has 2 nitrogen and oxygen atoms in total. The number of carbonyl (C=O) groups is 1. The Balaban J connectivity index is 2.54. The van der Waals surface area contributed by atoms with Crippen molar-refractivity contribution >= 4 is 5.97 Å². The smallest absolute Gasteiger partial charge is 0.303 e. The van der Waals surface area contributed by atoms with Crippen molar-refractivity contribution in [1.82, 2.24) is 0 Å². The van der Waals surface area contributed by atoms with Gasteiger partial charge in [0.25, 0.3) is 0 Å². The van der Waals surface area contributed by atoms with E-state index in [9.17, 15) is 4.79 Å². The van der Waals surface area contributed by atoms with Gasteiger partial charge in [0.2, 0.25) is 0 Å². The Hall–Kier alpha value is -0.790. The fourth-order valence-corrected chi connectivity index (χ4v) is 2.18. The summed E-state index contributed by atoms with van der Waals surface area (Å²) >= 11 is 0. The van der Waals surface area contributed by atoms with Gasteiger partial charge in [-0.2, -0.15) is 0 Å². The van der Waals surface area contributed by atoms with Crippen LogP contribution in [0.1, 0.15) is 46.5 Å². The van der Waals surface area contributed by atoms with Crippen molar-refractivity contribution in [2.45, 2.75) is 52.1 Å². The van der Waals surface area contributed by atoms with E-state index in [1.807, 2.05) is 13.8 Å². The predicted octanol–water partition coefficient (Wildman–Crippen LogP) is 3.07. The van der Waals surface area contributed by atoms with Crippen molar-refractivity contribution in [3.05, 3.63) is 12.2 Å². The van der Waals surface area contributed by atoms with E-state index >= 15 is 0 Å². The Morgan fingerprint density at radius 2 is 1.93 bits per heavy atom. The molecule has 0 unspecified atom stereocenters. The molecule has 0 saturated heterocycles. The van der Waals surface area contributed by atoms with Crippen LogP contribution < -0.4 is 0 Å². The topological polar surface area (TPSA) is 26.3 Å². The van der Waals surface area contributed by atoms with Gasteiger partial charge in [-0.05, 0) is 45.4 Å². The van der Waals surface area contributed by atoms with Gasteiger partial charge in [0.15, 0.2) is 0 Å². The van der Waals surface area contributed by atoms with Crippen molar-refractivity contribution in [2.75, 3.05) is 0 Å². The Morgan fingerprint density at radius 1 is 1.43 bits per heavy atom. The lowest BCUT2D eigenvalue weighted by molar-refractivity contribution is -0.159. The van der Waals surface area contributed by atoms with Crippen LogP contribution in [-0.4, -0.2) is 11.6 Å². The van der Waals surface area contributed by atoms with Crippen LogP contribution in [0.5, 0.6) is 0 Å². The van der Waals surface area contributed by atoms with Crippen molar-refractivity contribution in [1.29, 1.82) is 0 Å². The van der Waals surface area contributed by atoms with E-state index < -0.39 is 0 Å². The van der Waals surface area contributed by atoms with Crippen LogP contribution in [-0.2, 0) is 9.53 Å². The fraction of sp³-hybridized carbons (Fsp3) is 0.750. The maximum atomic E-state index is 10.9. The largest absolute Gasteiger partial charge is 0.460 e. The van der Waals surface area contributed by atoms with Crippen molar-refractivity contribution in [3.63, 3.8) is 0 Å². The van der Waals surface area contributed by atoms with E-state index in [0.717, 1.165) is 25.7 Å². The standard InChI is InChI=1S/C12H20O2/c1-9-5-7-11(8-6-9)12(3,4)14-10(2)13/h11H,1,5-8H2,2-4H3. The van der Waals surface area contributed by atoms with Gasteiger partial charge in [0, 0.05) is 6.92 Å². The van der Waals surface area contributed by atoms with Gasteiger partial charge in [-0.3, -0.25) is 4.79 Å². The molecule has 0 aromatic heterocycles. The lowest BCUT2D eigenvalue weighted by Crippen LogP contribution is -2.37. The first-order chi connectivity index (χ1) is 6.42. The molecule has 1 rings (SSSR count). The fourth-order valence-electron chi connectivity index (χ4n) is 2.18. The summed E-state index contributed by atoms with van der Waals surface area (Å²) in [6.07, 6.45) is 4.35. The highest BCUT2D eigenvalue weighted by molar-refractivity contribution is 5.66. The molecule has 0 spiro atoms. The molecule has 0 aromatic carbocycles. The average Bonchev–Trinajstić information content (AvgIpc) is 2.02. The second-order valence-electron chi connectivity index (χ2n) is 4.72. The Morgan fingerprint density at radius 3 is 2.36 bits per heavy atom. The van der Waals surface area contributed by atoms with Crippen LogP contribution in [0, 0.1) is 5.92 Å². The first-order valence-corrected chi connectivity index (χ1v) is 5.28. The molecular weight excluding hydrogens is 176 g/mol. The number of hydrogen-bond donors (Lipinski definition) is 0. The summed E-state index contributed by atoms with van der Waals surface area (Å²) < 4.78 is 5.34. The van der Waals surface area contributed by atoms with E-state index in [0.29, 0.717) is 5.92 Å². The maximum Gasteiger partial charge on any atom is 0.303 e. The van der Waals surface area contributed by atoms with Crippen LogP contribution in [0.25, 0.3) is 0 Å². The maximum absolute atomic E-state index is 10.9. The van der Waals surface area contributed by atoms with Crippen molar-refractivity contribution in [2.24, 2.45) is 5.92 Å². The molecule has 1 aliphatic carbocycles. The minimum atomic E-state index is -0.313. The van der Waals surface area contributed by atoms with E-state index in [1.54, 1.807) is 0 Å². The second-order valence-corrected chi connectivity index (χ2v) is 4.72. The van der Waals surface area contributed by atoms with E-state index in [4.69, 9.17) is 4.74 Å². The third-order valence-electron chi connectivity index (χ3n) is 3.08. The lowest BCUT2D eigenvalue weighted by atomic mass is 9.77. The van der Waals surface area contributed by atoms with E-state index in [-0.39, 0.29) is 11.6 Å². The highest BCUT2D eigenvalue weighted by Gasteiger charge is 2.33. The van der Waals surface area contributed by atoms with E-state index in [1.165, 1.54) is 12.5 Å². The zero-order valence-corrected chi connectivity index (χ0v) is 9.43. The zero-order valence-electron chi connectivity index (χ0n) is 9.43. The van der Waals surface area contributed by atoms with Crippen LogP contribution in [0.3, 0.4) is 0 Å². The van der Waals surface area contributed by atoms with Crippen LogP contribution in [0.4, 0.5) is 0 Å². The van der Waals surface area contributed by atoms with Gasteiger partial charge < -0.3 is 4.74 Å². The molecule has 1 fully saturated rings. The second kappa shape index (κ2) is 4.16. The molecule has 0 aromatic rings. The highest BCUT2D eigenvalue weighted by atomic mass is 16.6. The average molecular weight is 196 g/mol. The minimum absolute atomic E-state index is 0.181. The van der Waals surface area contributed by atoms with E-state index in [2.05, 4.69) is 6.58 Å². The van der Waals surface area contributed by atoms with Gasteiger partial charge in [0.1, 0.15) is 5.60 Å². The molecule has 0 heterocycles. The summed E-state index contributed by atoms with van der Waals surface area (Å²) in [5.74, 6) is 0.302. The van der Waals surface area contributed by atoms with Crippen molar-refractivity contribution < 1.29 is 9.53 Å². The summed E-state index contributed by atoms with van der Waals surface area (Å²) in [7, 11) is 0.